The number of rotatable bonds is 7. The van der Waals surface area contributed by atoms with Crippen molar-refractivity contribution in [1.82, 2.24) is 3.85 Å². The number of hydrogen-bond donors (Lipinski definition) is 0. The third kappa shape index (κ3) is 5.83. The Morgan fingerprint density at radius 2 is 0.880 bits per heavy atom. The molecule has 0 N–H and O–H groups in total. The van der Waals surface area contributed by atoms with E-state index in [1.165, 1.54) is 30.3 Å². The van der Waals surface area contributed by atoms with Gasteiger partial charge in [0.25, 0.3) is 0 Å². The predicted molar refractivity (Wildman–Crippen MR) is 102 cm³/mol. The average molecular weight is 548 g/mol. The zero-order valence-electron chi connectivity index (χ0n) is 13.6. The number of benzene rings is 1. The van der Waals surface area contributed by atoms with Crippen LogP contribution in [-0.2, 0) is 40.1 Å². The first kappa shape index (κ1) is 22.7. The second-order valence-corrected chi connectivity index (χ2v) is 19.9. The van der Waals surface area contributed by atoms with Crippen LogP contribution in [0.4, 0.5) is 0 Å². The normalized spacial score (nSPS) is 14.7. The molecule has 1 rings (SSSR count). The van der Waals surface area contributed by atoms with Gasteiger partial charge in [0.1, 0.15) is 0 Å². The van der Waals surface area contributed by atoms with Gasteiger partial charge in [0, 0.05) is 0 Å². The average Bonchev–Trinajstić information content (AvgIpc) is 2.32. The molecule has 146 valence electrons. The number of sulfonamides is 4. The molecule has 0 saturated carbocycles. The van der Waals surface area contributed by atoms with Gasteiger partial charge in [0.05, 0.1) is 0 Å². The number of nitrogens with zero attached hydrogens (tertiary/aromatic N) is 2. The Morgan fingerprint density at radius 1 is 0.600 bits per heavy atom. The van der Waals surface area contributed by atoms with Crippen molar-refractivity contribution in [1.29, 1.82) is 0 Å². The van der Waals surface area contributed by atoms with E-state index in [1.54, 1.807) is 0 Å². The Labute approximate surface area is 156 Å². The van der Waals surface area contributed by atoms with Gasteiger partial charge in [0.15, 0.2) is 0 Å². The van der Waals surface area contributed by atoms with E-state index >= 15 is 0 Å². The summed E-state index contributed by atoms with van der Waals surface area (Å²) in [6.45, 7) is 0. The standard InChI is InChI=1S/C10H17IN2O8S4/c1-22(14,15)12(23(2,16)17)11(10-8-6-5-7-9-10)13(24(3,18)19)25(4,20)21/h5-9H,1-4H3. The first-order valence-corrected chi connectivity index (χ1v) is 16.5. The minimum absolute atomic E-state index is 0.00148. The van der Waals surface area contributed by atoms with E-state index in [9.17, 15) is 33.7 Å². The Kier molecular flexibility index (Phi) is 6.68. The van der Waals surface area contributed by atoms with Crippen LogP contribution in [0.5, 0.6) is 0 Å². The Balaban J connectivity index is 4.02. The topological polar surface area (TPSA) is 143 Å². The molecule has 0 bridgehead atoms. The van der Waals surface area contributed by atoms with Crippen LogP contribution in [0.25, 0.3) is 0 Å². The van der Waals surface area contributed by atoms with Crippen molar-refractivity contribution in [3.8, 4) is 0 Å². The number of hydrogen-bond acceptors (Lipinski definition) is 8. The summed E-state index contributed by atoms with van der Waals surface area (Å²) in [6, 6.07) is 6.96. The molecule has 0 heterocycles. The molecule has 0 radical (unpaired) electrons. The molecule has 1 aromatic rings. The quantitative estimate of drug-likeness (QED) is 0.332. The first-order chi connectivity index (χ1) is 11.0. The van der Waals surface area contributed by atoms with Crippen LogP contribution in [0, 0.1) is 3.57 Å². The van der Waals surface area contributed by atoms with Crippen molar-refractivity contribution in [3.05, 3.63) is 33.9 Å². The van der Waals surface area contributed by atoms with Gasteiger partial charge in [-0.25, -0.2) is 0 Å². The van der Waals surface area contributed by atoms with Gasteiger partial charge in [-0.1, -0.05) is 0 Å². The maximum absolute atomic E-state index is 12.1. The van der Waals surface area contributed by atoms with Crippen molar-refractivity contribution in [3.63, 3.8) is 0 Å². The molecule has 15 heteroatoms. The zero-order chi connectivity index (χ0) is 19.8. The fourth-order valence-corrected chi connectivity index (χ4v) is 21.8. The molecule has 0 fully saturated rings. The van der Waals surface area contributed by atoms with Crippen LogP contribution < -0.4 is 0 Å². The fraction of sp³-hybridized carbons (Fsp3) is 0.400. The van der Waals surface area contributed by atoms with Crippen molar-refractivity contribution in [2.75, 3.05) is 25.0 Å². The van der Waals surface area contributed by atoms with Crippen LogP contribution in [-0.4, -0.2) is 62.5 Å². The van der Waals surface area contributed by atoms with Gasteiger partial charge >= 0.3 is 157 Å². The summed E-state index contributed by atoms with van der Waals surface area (Å²) in [7, 11) is -18.0. The summed E-state index contributed by atoms with van der Waals surface area (Å²) in [4.78, 5) is 0. The second kappa shape index (κ2) is 7.35. The molecule has 0 aliphatic heterocycles. The molecule has 0 atom stereocenters. The molecule has 25 heavy (non-hydrogen) atoms. The van der Waals surface area contributed by atoms with Crippen LogP contribution in [0.3, 0.4) is 0 Å². The van der Waals surface area contributed by atoms with Gasteiger partial charge in [-0.2, -0.15) is 0 Å². The molecule has 0 aliphatic rings. The second-order valence-electron chi connectivity index (χ2n) is 4.90. The summed E-state index contributed by atoms with van der Waals surface area (Å²) in [6.07, 6.45) is 2.29. The monoisotopic (exact) mass is 548 g/mol. The maximum atomic E-state index is 12.1. The Morgan fingerprint density at radius 3 is 1.12 bits per heavy atom. The molecule has 0 spiro atoms. The molecule has 0 aliphatic carbocycles. The molecule has 0 saturated heterocycles. The van der Waals surface area contributed by atoms with E-state index in [0.29, 0.717) is 25.0 Å². The van der Waals surface area contributed by atoms with Gasteiger partial charge in [0.2, 0.25) is 0 Å². The van der Waals surface area contributed by atoms with Crippen molar-refractivity contribution in [2.24, 2.45) is 0 Å². The van der Waals surface area contributed by atoms with Crippen LogP contribution in [0.2, 0.25) is 0 Å². The number of halogens is 1. The molecular formula is C10H17IN2O8S4. The van der Waals surface area contributed by atoms with Crippen LogP contribution in [0.1, 0.15) is 0 Å². The Hall–Kier alpha value is -0.330. The third-order valence-electron chi connectivity index (χ3n) is 2.23. The van der Waals surface area contributed by atoms with Crippen molar-refractivity contribution in [2.45, 2.75) is 0 Å². The van der Waals surface area contributed by atoms with Gasteiger partial charge in [-0.3, -0.25) is 0 Å². The molecule has 1 aromatic carbocycles. The van der Waals surface area contributed by atoms with Crippen molar-refractivity contribution >= 4 is 60.5 Å². The summed E-state index contributed by atoms with van der Waals surface area (Å²) in [5, 5.41) is 0. The van der Waals surface area contributed by atoms with E-state index in [-0.39, 0.29) is 7.42 Å². The molecule has 0 unspecified atom stereocenters. The van der Waals surface area contributed by atoms with Gasteiger partial charge in [-0.05, 0) is 0 Å². The molecule has 10 nitrogen and oxygen atoms in total. The molecule has 0 aromatic heterocycles. The van der Waals surface area contributed by atoms with Crippen molar-refractivity contribution < 1.29 is 33.7 Å². The first-order valence-electron chi connectivity index (χ1n) is 6.13. The van der Waals surface area contributed by atoms with Gasteiger partial charge in [-0.15, -0.1) is 0 Å². The van der Waals surface area contributed by atoms with Crippen LogP contribution in [0.15, 0.2) is 30.3 Å². The van der Waals surface area contributed by atoms with E-state index in [1.807, 2.05) is 0 Å². The van der Waals surface area contributed by atoms with E-state index < -0.39 is 60.5 Å². The predicted octanol–water partition coefficient (Wildman–Crippen LogP) is -0.365. The van der Waals surface area contributed by atoms with Gasteiger partial charge < -0.3 is 0 Å². The molecule has 0 amide bonds. The summed E-state index contributed by atoms with van der Waals surface area (Å²) >= 11 is -4.24. The SMILES string of the molecule is CS(=O)(=O)N(I(c1ccccc1)N(S(C)(=O)=O)S(C)(=O)=O)S(C)(=O)=O. The van der Waals surface area contributed by atoms with Crippen LogP contribution >= 0.6 is 20.4 Å². The third-order valence-corrected chi connectivity index (χ3v) is 23.0. The summed E-state index contributed by atoms with van der Waals surface area (Å²) in [5.74, 6) is 0. The summed E-state index contributed by atoms with van der Waals surface area (Å²) < 4.78 is 97.0. The Bertz CT molecular complexity index is 917. The molecular weight excluding hydrogens is 531 g/mol. The van der Waals surface area contributed by atoms with E-state index in [4.69, 9.17) is 0 Å². The summed E-state index contributed by atoms with van der Waals surface area (Å²) in [5.41, 5.74) is 0. The van der Waals surface area contributed by atoms with E-state index in [2.05, 4.69) is 0 Å². The zero-order valence-corrected chi connectivity index (χ0v) is 19.0. The minimum atomic E-state index is -4.49. The van der Waals surface area contributed by atoms with E-state index in [0.717, 1.165) is 0 Å². The fourth-order valence-electron chi connectivity index (χ4n) is 1.70.